The summed E-state index contributed by atoms with van der Waals surface area (Å²) in [4.78, 5) is 9.67. The lowest BCUT2D eigenvalue weighted by Crippen LogP contribution is -2.36. The highest BCUT2D eigenvalue weighted by Crippen LogP contribution is 2.52. The molecule has 0 N–H and O–H groups in total. The first kappa shape index (κ1) is 15.4. The maximum Gasteiger partial charge on any atom is 0.103 e. The van der Waals surface area contributed by atoms with Crippen molar-refractivity contribution in [2.24, 2.45) is 0 Å². The molecule has 1 aliphatic carbocycles. The van der Waals surface area contributed by atoms with Crippen molar-refractivity contribution in [2.45, 2.75) is 33.4 Å². The van der Waals surface area contributed by atoms with Crippen LogP contribution in [0.15, 0.2) is 48.5 Å². The lowest BCUT2D eigenvalue weighted by molar-refractivity contribution is 0.733. The minimum atomic E-state index is 0.278. The van der Waals surface area contributed by atoms with Crippen LogP contribution in [0, 0.1) is 13.8 Å². The Morgan fingerprint density at radius 2 is 1.77 bits per heavy atom. The van der Waals surface area contributed by atoms with Gasteiger partial charge in [0.2, 0.25) is 0 Å². The molecule has 1 aliphatic heterocycles. The Bertz CT molecular complexity index is 1040. The second kappa shape index (κ2) is 5.34. The van der Waals surface area contributed by atoms with Gasteiger partial charge in [-0.15, -0.1) is 0 Å². The highest BCUT2D eigenvalue weighted by molar-refractivity contribution is 5.98. The van der Waals surface area contributed by atoms with Gasteiger partial charge in [-0.25, -0.2) is 0 Å². The molecule has 2 aliphatic rings. The number of aromatic nitrogens is 1. The molecule has 3 aromatic rings. The van der Waals surface area contributed by atoms with Crippen molar-refractivity contribution < 1.29 is 0 Å². The molecule has 0 saturated heterocycles. The minimum absolute atomic E-state index is 0.278. The lowest BCUT2D eigenvalue weighted by atomic mass is 10.0. The third-order valence-corrected chi connectivity index (χ3v) is 5.90. The first-order valence-electron chi connectivity index (χ1n) is 9.26. The normalized spacial score (nSPS) is 17.3. The Morgan fingerprint density at radius 1 is 0.962 bits per heavy atom. The fraction of sp³-hybridized carbons (Fsp3) is 0.261. The van der Waals surface area contributed by atoms with E-state index in [1.165, 1.54) is 45.0 Å². The van der Waals surface area contributed by atoms with Gasteiger partial charge < -0.3 is 9.80 Å². The Labute approximate surface area is 154 Å². The number of nitrogens with zero attached hydrogens (tertiary/aromatic N) is 3. The Morgan fingerprint density at radius 3 is 2.58 bits per heavy atom. The van der Waals surface area contributed by atoms with E-state index in [-0.39, 0.29) is 6.17 Å². The highest BCUT2D eigenvalue weighted by atomic mass is 15.4. The summed E-state index contributed by atoms with van der Waals surface area (Å²) in [6.45, 7) is 6.54. The van der Waals surface area contributed by atoms with Crippen molar-refractivity contribution in [1.82, 2.24) is 4.98 Å². The number of fused-ring (bicyclic) bond motifs is 5. The minimum Gasteiger partial charge on any atom is -0.352 e. The quantitative estimate of drug-likeness (QED) is 0.474. The van der Waals surface area contributed by atoms with Crippen LogP contribution in [0.5, 0.6) is 0 Å². The van der Waals surface area contributed by atoms with E-state index in [1.807, 2.05) is 0 Å². The van der Waals surface area contributed by atoms with E-state index in [1.54, 1.807) is 0 Å². The average Bonchev–Trinajstić information content (AvgIpc) is 3.11. The van der Waals surface area contributed by atoms with Gasteiger partial charge in [0.25, 0.3) is 0 Å². The summed E-state index contributed by atoms with van der Waals surface area (Å²) in [5.41, 5.74) is 11.6. The molecule has 26 heavy (non-hydrogen) atoms. The fourth-order valence-corrected chi connectivity index (χ4v) is 4.50. The summed E-state index contributed by atoms with van der Waals surface area (Å²) in [7, 11) is 2.21. The number of pyridine rings is 1. The maximum absolute atomic E-state index is 4.80. The topological polar surface area (TPSA) is 19.4 Å². The van der Waals surface area contributed by atoms with Crippen LogP contribution >= 0.6 is 0 Å². The lowest BCUT2D eigenvalue weighted by Gasteiger charge is -2.29. The van der Waals surface area contributed by atoms with E-state index in [2.05, 4.69) is 86.1 Å². The number of rotatable bonds is 1. The zero-order valence-electron chi connectivity index (χ0n) is 15.7. The number of hydrogen-bond acceptors (Lipinski definition) is 3. The van der Waals surface area contributed by atoms with E-state index < -0.39 is 0 Å². The Balaban J connectivity index is 1.75. The maximum atomic E-state index is 4.80. The van der Waals surface area contributed by atoms with Crippen LogP contribution in [0.4, 0.5) is 17.1 Å². The largest absolute Gasteiger partial charge is 0.352 e. The molecular formula is C23H23N3. The number of aryl methyl sites for hydroxylation is 2. The summed E-state index contributed by atoms with van der Waals surface area (Å²) >= 11 is 0. The second-order valence-corrected chi connectivity index (χ2v) is 7.49. The van der Waals surface area contributed by atoms with Gasteiger partial charge in [0, 0.05) is 36.0 Å². The fourth-order valence-electron chi connectivity index (χ4n) is 4.50. The summed E-state index contributed by atoms with van der Waals surface area (Å²) in [6, 6.07) is 17.6. The number of benzene rings is 2. The Kier molecular flexibility index (Phi) is 3.17. The summed E-state index contributed by atoms with van der Waals surface area (Å²) in [5, 5.41) is 0. The van der Waals surface area contributed by atoms with Crippen molar-refractivity contribution in [3.63, 3.8) is 0 Å². The van der Waals surface area contributed by atoms with E-state index in [0.29, 0.717) is 0 Å². The number of hydrogen-bond donors (Lipinski definition) is 0. The van der Waals surface area contributed by atoms with Crippen LogP contribution in [0.2, 0.25) is 0 Å². The van der Waals surface area contributed by atoms with Gasteiger partial charge in [0.1, 0.15) is 6.17 Å². The van der Waals surface area contributed by atoms with Gasteiger partial charge in [-0.2, -0.15) is 0 Å². The molecule has 0 spiro atoms. The molecule has 5 rings (SSSR count). The number of para-hydroxylation sites is 1. The molecule has 2 aromatic carbocycles. The molecule has 0 amide bonds. The standard InChI is InChI=1S/C23H23N3/c1-14-7-5-6-8-20(14)26-16(3)25(4)23-21(26)12-10-17-13-19-18(22(17)23)11-9-15(2)24-19/h5-12,16H,13H2,1-4H3/t16-/m0/s1. The van der Waals surface area contributed by atoms with Crippen LogP contribution in [-0.2, 0) is 6.42 Å². The van der Waals surface area contributed by atoms with Crippen LogP contribution in [-0.4, -0.2) is 18.2 Å². The first-order valence-corrected chi connectivity index (χ1v) is 9.26. The van der Waals surface area contributed by atoms with Crippen molar-refractivity contribution in [3.8, 4) is 11.1 Å². The van der Waals surface area contributed by atoms with Crippen LogP contribution in [0.1, 0.15) is 29.4 Å². The molecule has 0 unspecified atom stereocenters. The smallest absolute Gasteiger partial charge is 0.103 e. The SMILES string of the molecule is Cc1ccc2c(n1)Cc1ccc3c(c1-2)N(C)[C@H](C)N3c1ccccc1C. The highest BCUT2D eigenvalue weighted by Gasteiger charge is 2.37. The van der Waals surface area contributed by atoms with Crippen molar-refractivity contribution in [1.29, 1.82) is 0 Å². The zero-order chi connectivity index (χ0) is 18.0. The molecule has 2 heterocycles. The number of anilines is 3. The molecule has 1 atom stereocenters. The monoisotopic (exact) mass is 341 g/mol. The summed E-state index contributed by atoms with van der Waals surface area (Å²) < 4.78 is 0. The third-order valence-electron chi connectivity index (χ3n) is 5.90. The van der Waals surface area contributed by atoms with Gasteiger partial charge in [-0.05, 0) is 50.1 Å². The molecule has 1 aromatic heterocycles. The molecule has 0 fully saturated rings. The summed E-state index contributed by atoms with van der Waals surface area (Å²) in [5.74, 6) is 0. The Hall–Kier alpha value is -2.81. The van der Waals surface area contributed by atoms with Gasteiger partial charge in [-0.1, -0.05) is 30.3 Å². The van der Waals surface area contributed by atoms with Crippen molar-refractivity contribution >= 4 is 17.1 Å². The van der Waals surface area contributed by atoms with Gasteiger partial charge in [0.15, 0.2) is 0 Å². The van der Waals surface area contributed by atoms with E-state index >= 15 is 0 Å². The third kappa shape index (κ3) is 1.97. The van der Waals surface area contributed by atoms with Gasteiger partial charge in [-0.3, -0.25) is 4.98 Å². The molecule has 0 radical (unpaired) electrons. The van der Waals surface area contributed by atoms with Crippen molar-refractivity contribution in [3.05, 3.63) is 71.0 Å². The van der Waals surface area contributed by atoms with E-state index in [4.69, 9.17) is 4.98 Å². The van der Waals surface area contributed by atoms with Crippen LogP contribution in [0.25, 0.3) is 11.1 Å². The molecule has 3 heteroatoms. The molecule has 0 bridgehead atoms. The second-order valence-electron chi connectivity index (χ2n) is 7.49. The van der Waals surface area contributed by atoms with E-state index in [0.717, 1.165) is 12.1 Å². The molecule has 0 saturated carbocycles. The summed E-state index contributed by atoms with van der Waals surface area (Å²) in [6.07, 6.45) is 1.21. The molecular weight excluding hydrogens is 318 g/mol. The average molecular weight is 341 g/mol. The van der Waals surface area contributed by atoms with E-state index in [9.17, 15) is 0 Å². The van der Waals surface area contributed by atoms with Gasteiger partial charge in [0.05, 0.1) is 17.1 Å². The first-order chi connectivity index (χ1) is 12.6. The molecule has 130 valence electrons. The van der Waals surface area contributed by atoms with Crippen LogP contribution in [0.3, 0.4) is 0 Å². The molecule has 3 nitrogen and oxygen atoms in total. The predicted molar refractivity (Wildman–Crippen MR) is 108 cm³/mol. The van der Waals surface area contributed by atoms with Crippen molar-refractivity contribution in [2.75, 3.05) is 16.8 Å². The van der Waals surface area contributed by atoms with Crippen LogP contribution < -0.4 is 9.80 Å². The van der Waals surface area contributed by atoms with Gasteiger partial charge >= 0.3 is 0 Å². The predicted octanol–water partition coefficient (Wildman–Crippen LogP) is 5.20. The zero-order valence-corrected chi connectivity index (χ0v) is 15.7.